The van der Waals surface area contributed by atoms with Crippen LogP contribution >= 0.6 is 32.8 Å². The Morgan fingerprint density at radius 2 is 1.97 bits per heavy atom. The second-order valence-electron chi connectivity index (χ2n) is 7.03. The number of rotatable bonds is 9. The van der Waals surface area contributed by atoms with Crippen molar-refractivity contribution in [3.8, 4) is 5.75 Å². The SMILES string of the molecule is Cc1ccc(Cc2cc(I=O)c(OCCNCc3ccn(C)n3)c(Cl)c2C)cc1. The first kappa shape index (κ1) is 21.9. The molecule has 0 aliphatic carbocycles. The molecule has 0 bridgehead atoms. The standard InChI is InChI=1S/C22H25ClIN3O2/c1-15-4-6-17(7-5-15)12-18-13-20(24-28)22(21(23)16(18)2)29-11-9-25-14-19-8-10-27(3)26-19/h4-8,10,13,25H,9,11-12,14H2,1-3H3. The molecular formula is C22H25ClIN3O2. The van der Waals surface area contributed by atoms with E-state index in [1.807, 2.05) is 32.3 Å². The van der Waals surface area contributed by atoms with Gasteiger partial charge >= 0.3 is 0 Å². The molecule has 0 saturated carbocycles. The molecule has 3 aromatic rings. The molecule has 5 nitrogen and oxygen atoms in total. The fourth-order valence-electron chi connectivity index (χ4n) is 3.04. The zero-order valence-corrected chi connectivity index (χ0v) is 19.8. The van der Waals surface area contributed by atoms with Gasteiger partial charge in [0, 0.05) is 26.3 Å². The molecule has 0 unspecified atom stereocenters. The molecule has 1 aromatic heterocycles. The van der Waals surface area contributed by atoms with Gasteiger partial charge in [-0.3, -0.25) is 7.75 Å². The van der Waals surface area contributed by atoms with Crippen molar-refractivity contribution in [1.29, 1.82) is 0 Å². The minimum Gasteiger partial charge on any atom is -0.489 e. The Kier molecular flexibility index (Phi) is 7.80. The van der Waals surface area contributed by atoms with E-state index in [0.717, 1.165) is 23.2 Å². The summed E-state index contributed by atoms with van der Waals surface area (Å²) in [6, 6.07) is 12.4. The molecule has 2 aromatic carbocycles. The minimum absolute atomic E-state index is 0.444. The Morgan fingerprint density at radius 3 is 2.62 bits per heavy atom. The molecule has 0 amide bonds. The minimum atomic E-state index is -1.39. The second kappa shape index (κ2) is 10.3. The quantitative estimate of drug-likeness (QED) is 0.318. The van der Waals surface area contributed by atoms with Gasteiger partial charge < -0.3 is 10.1 Å². The van der Waals surface area contributed by atoms with Crippen LogP contribution in [0, 0.1) is 17.4 Å². The molecule has 0 spiro atoms. The summed E-state index contributed by atoms with van der Waals surface area (Å²) in [7, 11) is 1.90. The Labute approximate surface area is 187 Å². The third-order valence-corrected chi connectivity index (χ3v) is 6.46. The summed E-state index contributed by atoms with van der Waals surface area (Å²) in [6.45, 7) is 5.83. The van der Waals surface area contributed by atoms with Crippen LogP contribution in [0.4, 0.5) is 0 Å². The number of ether oxygens (including phenoxy) is 1. The number of halogens is 2. The normalized spacial score (nSPS) is 11.0. The highest BCUT2D eigenvalue weighted by Crippen LogP contribution is 2.37. The maximum absolute atomic E-state index is 11.9. The number of hydrogen-bond donors (Lipinski definition) is 1. The van der Waals surface area contributed by atoms with E-state index in [4.69, 9.17) is 16.3 Å². The van der Waals surface area contributed by atoms with Crippen molar-refractivity contribution in [2.24, 2.45) is 7.05 Å². The topological polar surface area (TPSA) is 56.1 Å². The highest BCUT2D eigenvalue weighted by atomic mass is 127. The molecule has 0 saturated heterocycles. The van der Waals surface area contributed by atoms with Crippen LogP contribution in [0.3, 0.4) is 0 Å². The summed E-state index contributed by atoms with van der Waals surface area (Å²) in [4.78, 5) is 0. The fraction of sp³-hybridized carbons (Fsp3) is 0.318. The molecule has 7 heteroatoms. The van der Waals surface area contributed by atoms with Crippen molar-refractivity contribution in [2.75, 3.05) is 13.2 Å². The molecule has 1 heterocycles. The summed E-state index contributed by atoms with van der Waals surface area (Å²) >= 11 is 5.21. The van der Waals surface area contributed by atoms with Gasteiger partial charge in [0.1, 0.15) is 6.61 Å². The summed E-state index contributed by atoms with van der Waals surface area (Å²) in [5.41, 5.74) is 5.48. The van der Waals surface area contributed by atoms with Crippen LogP contribution in [0.15, 0.2) is 42.6 Å². The van der Waals surface area contributed by atoms with E-state index in [-0.39, 0.29) is 0 Å². The zero-order valence-electron chi connectivity index (χ0n) is 16.8. The van der Waals surface area contributed by atoms with Crippen molar-refractivity contribution in [2.45, 2.75) is 26.8 Å². The number of nitrogens with one attached hydrogen (secondary N) is 1. The fourth-order valence-corrected chi connectivity index (χ4v) is 4.61. The Balaban J connectivity index is 1.64. The van der Waals surface area contributed by atoms with E-state index in [2.05, 4.69) is 41.6 Å². The molecule has 0 aliphatic rings. The van der Waals surface area contributed by atoms with Crippen molar-refractivity contribution in [3.05, 3.63) is 79.1 Å². The van der Waals surface area contributed by atoms with Crippen LogP contribution in [0.2, 0.25) is 5.02 Å². The summed E-state index contributed by atoms with van der Waals surface area (Å²) < 4.78 is 20.3. The number of aryl methyl sites for hydroxylation is 2. The Morgan fingerprint density at radius 1 is 1.21 bits per heavy atom. The average Bonchev–Trinajstić information content (AvgIpc) is 3.13. The number of hydrogen-bond acceptors (Lipinski definition) is 4. The molecule has 0 radical (unpaired) electrons. The van der Waals surface area contributed by atoms with Crippen molar-refractivity contribution in [3.63, 3.8) is 0 Å². The molecule has 29 heavy (non-hydrogen) atoms. The molecule has 154 valence electrons. The van der Waals surface area contributed by atoms with E-state index in [0.29, 0.717) is 34.0 Å². The first-order valence-corrected chi connectivity index (χ1v) is 11.8. The van der Waals surface area contributed by atoms with E-state index in [1.165, 1.54) is 11.1 Å². The summed E-state index contributed by atoms with van der Waals surface area (Å²) in [5, 5.41) is 8.18. The van der Waals surface area contributed by atoms with Crippen LogP contribution < -0.4 is 10.1 Å². The molecule has 1 N–H and O–H groups in total. The molecule has 3 rings (SSSR count). The number of benzene rings is 2. The Hall–Kier alpha value is -1.77. The van der Waals surface area contributed by atoms with Gasteiger partial charge in [-0.1, -0.05) is 41.4 Å². The van der Waals surface area contributed by atoms with Gasteiger partial charge in [0.25, 0.3) is 0 Å². The lowest BCUT2D eigenvalue weighted by molar-refractivity contribution is 0.311. The van der Waals surface area contributed by atoms with E-state index in [1.54, 1.807) is 4.68 Å². The van der Waals surface area contributed by atoms with E-state index < -0.39 is 21.2 Å². The predicted octanol–water partition coefficient (Wildman–Crippen LogP) is 4.94. The molecule has 0 fully saturated rings. The lowest BCUT2D eigenvalue weighted by atomic mass is 9.99. The highest BCUT2D eigenvalue weighted by Gasteiger charge is 2.16. The molecule has 0 atom stereocenters. The monoisotopic (exact) mass is 525 g/mol. The van der Waals surface area contributed by atoms with Crippen LogP contribution in [0.25, 0.3) is 0 Å². The zero-order chi connectivity index (χ0) is 20.8. The van der Waals surface area contributed by atoms with Crippen LogP contribution in [0.1, 0.15) is 27.9 Å². The third-order valence-electron chi connectivity index (χ3n) is 4.73. The van der Waals surface area contributed by atoms with Crippen LogP contribution in [-0.2, 0) is 23.1 Å². The van der Waals surface area contributed by atoms with Gasteiger partial charge in [0.15, 0.2) is 26.9 Å². The summed E-state index contributed by atoms with van der Waals surface area (Å²) in [5.74, 6) is 0.555. The highest BCUT2D eigenvalue weighted by molar-refractivity contribution is 14.1. The second-order valence-corrected chi connectivity index (χ2v) is 9.01. The predicted molar refractivity (Wildman–Crippen MR) is 124 cm³/mol. The first-order chi connectivity index (χ1) is 14.0. The average molecular weight is 526 g/mol. The van der Waals surface area contributed by atoms with Gasteiger partial charge in [-0.25, -0.2) is 0 Å². The van der Waals surface area contributed by atoms with Gasteiger partial charge in [0.2, 0.25) is 0 Å². The largest absolute Gasteiger partial charge is 0.489 e. The van der Waals surface area contributed by atoms with E-state index >= 15 is 0 Å². The lowest BCUT2D eigenvalue weighted by Gasteiger charge is -2.15. The molecular weight excluding hydrogens is 501 g/mol. The maximum atomic E-state index is 11.9. The van der Waals surface area contributed by atoms with Gasteiger partial charge in [0.05, 0.1) is 14.3 Å². The van der Waals surface area contributed by atoms with Crippen molar-refractivity contribution < 1.29 is 7.81 Å². The molecule has 0 aliphatic heterocycles. The van der Waals surface area contributed by atoms with Crippen LogP contribution in [-0.4, -0.2) is 22.9 Å². The van der Waals surface area contributed by atoms with Gasteiger partial charge in [-0.15, -0.1) is 0 Å². The number of aromatic nitrogens is 2. The lowest BCUT2D eigenvalue weighted by Crippen LogP contribution is -2.21. The summed E-state index contributed by atoms with van der Waals surface area (Å²) in [6.07, 6.45) is 2.67. The Bertz CT molecular complexity index is 986. The maximum Gasteiger partial charge on any atom is 0.186 e. The van der Waals surface area contributed by atoms with Crippen LogP contribution in [0.5, 0.6) is 5.75 Å². The third kappa shape index (κ3) is 5.87. The van der Waals surface area contributed by atoms with E-state index in [9.17, 15) is 3.07 Å². The smallest absolute Gasteiger partial charge is 0.186 e. The number of nitrogens with zero attached hydrogens (tertiary/aromatic N) is 2. The van der Waals surface area contributed by atoms with Crippen molar-refractivity contribution in [1.82, 2.24) is 15.1 Å². The first-order valence-electron chi connectivity index (χ1n) is 9.44. The van der Waals surface area contributed by atoms with Gasteiger partial charge in [-0.05, 0) is 49.1 Å². The van der Waals surface area contributed by atoms with Gasteiger partial charge in [-0.2, -0.15) is 5.10 Å². The van der Waals surface area contributed by atoms with Crippen molar-refractivity contribution >= 4 is 32.8 Å².